The number of ether oxygens (including phenoxy) is 1. The molecule has 0 radical (unpaired) electrons. The Bertz CT molecular complexity index is 889. The monoisotopic (exact) mass is 493 g/mol. The number of halogens is 2. The molecule has 0 bridgehead atoms. The summed E-state index contributed by atoms with van der Waals surface area (Å²) in [6, 6.07) is 16.3. The Balaban J connectivity index is 2.82. The van der Waals surface area contributed by atoms with Gasteiger partial charge in [-0.15, -0.1) is 0 Å². The maximum absolute atomic E-state index is 14.6. The maximum atomic E-state index is 14.6. The summed E-state index contributed by atoms with van der Waals surface area (Å²) < 4.78 is 41.4. The first kappa shape index (κ1) is 24.9. The molecule has 0 fully saturated rings. The molecule has 11 heteroatoms. The fourth-order valence-corrected chi connectivity index (χ4v) is 9.47. The van der Waals surface area contributed by atoms with Crippen LogP contribution in [0.3, 0.4) is 0 Å². The molecule has 164 valence electrons. The fourth-order valence-electron chi connectivity index (χ4n) is 2.88. The Kier molecular flexibility index (Phi) is 8.58. The number of benzene rings is 2. The highest BCUT2D eigenvalue weighted by Crippen LogP contribution is 2.72. The standard InChI is InChI=1S/C19H23Cl2NO6P2/c1-3-26-30(25,27-4-2)19(20,21)17(28-18(22)23)29(24,15-11-7-5-8-12-15)16-13-9-6-10-14-16/h5-14,17H,3-4H2,1-2H3,(H2,22,23)/t17-/m0/s1. The molecule has 0 saturated carbocycles. The van der Waals surface area contributed by atoms with Gasteiger partial charge in [0.2, 0.25) is 5.85 Å². The molecule has 2 aromatic carbocycles. The first-order valence-corrected chi connectivity index (χ1v) is 13.1. The van der Waals surface area contributed by atoms with Gasteiger partial charge in [-0.25, -0.2) is 4.79 Å². The summed E-state index contributed by atoms with van der Waals surface area (Å²) in [6.07, 6.45) is -1.29. The number of nitrogens with two attached hydrogens (primary N) is 1. The van der Waals surface area contributed by atoms with Crippen LogP contribution in [0.1, 0.15) is 13.8 Å². The van der Waals surface area contributed by atoms with Crippen molar-refractivity contribution in [2.45, 2.75) is 23.8 Å². The van der Waals surface area contributed by atoms with Crippen molar-refractivity contribution in [3.05, 3.63) is 60.7 Å². The van der Waals surface area contributed by atoms with E-state index in [1.54, 1.807) is 74.5 Å². The lowest BCUT2D eigenvalue weighted by Crippen LogP contribution is -2.43. The highest BCUT2D eigenvalue weighted by Gasteiger charge is 2.63. The summed E-state index contributed by atoms with van der Waals surface area (Å²) in [5.41, 5.74) is 5.26. The average Bonchev–Trinajstić information content (AvgIpc) is 2.73. The Morgan fingerprint density at radius 2 is 1.33 bits per heavy atom. The van der Waals surface area contributed by atoms with Crippen molar-refractivity contribution in [1.82, 2.24) is 0 Å². The molecule has 1 atom stereocenters. The smallest absolute Gasteiger partial charge is 0.405 e. The van der Waals surface area contributed by atoms with Crippen molar-refractivity contribution in [3.63, 3.8) is 0 Å². The fraction of sp³-hybridized carbons (Fsp3) is 0.316. The summed E-state index contributed by atoms with van der Waals surface area (Å²) in [5, 5.41) is 0.542. The summed E-state index contributed by atoms with van der Waals surface area (Å²) in [5.74, 6) is -1.86. The molecule has 2 rings (SSSR count). The molecule has 0 aliphatic rings. The van der Waals surface area contributed by atoms with Crippen molar-refractivity contribution in [1.29, 1.82) is 0 Å². The van der Waals surface area contributed by atoms with Gasteiger partial charge >= 0.3 is 13.7 Å². The van der Waals surface area contributed by atoms with Gasteiger partial charge in [-0.05, 0) is 13.8 Å². The van der Waals surface area contributed by atoms with Crippen LogP contribution in [0.15, 0.2) is 60.7 Å². The lowest BCUT2D eigenvalue weighted by Gasteiger charge is -2.38. The third kappa shape index (κ3) is 4.94. The van der Waals surface area contributed by atoms with Crippen LogP contribution < -0.4 is 16.3 Å². The predicted octanol–water partition coefficient (Wildman–Crippen LogP) is 4.82. The molecule has 0 saturated heterocycles. The highest BCUT2D eigenvalue weighted by atomic mass is 35.5. The lowest BCUT2D eigenvalue weighted by molar-refractivity contribution is 0.133. The number of alkyl halides is 2. The number of primary amides is 1. The van der Waals surface area contributed by atoms with Crippen molar-refractivity contribution in [3.8, 4) is 0 Å². The molecule has 1 amide bonds. The third-order valence-corrected chi connectivity index (χ3v) is 11.7. The largest absolute Gasteiger partial charge is 0.434 e. The van der Waals surface area contributed by atoms with Crippen molar-refractivity contribution in [2.75, 3.05) is 13.2 Å². The topological polar surface area (TPSA) is 105 Å². The molecule has 0 heterocycles. The molecule has 2 N–H and O–H groups in total. The second kappa shape index (κ2) is 10.3. The number of amides is 1. The van der Waals surface area contributed by atoms with Gasteiger partial charge in [-0.2, -0.15) is 0 Å². The molecule has 0 aromatic heterocycles. The number of rotatable bonds is 10. The van der Waals surface area contributed by atoms with Crippen LogP contribution in [0.25, 0.3) is 0 Å². The molecule has 2 aromatic rings. The zero-order chi connectivity index (χ0) is 22.4. The minimum atomic E-state index is -4.35. The van der Waals surface area contributed by atoms with Crippen molar-refractivity contribution >= 4 is 54.6 Å². The van der Waals surface area contributed by atoms with E-state index in [0.717, 1.165) is 0 Å². The Hall–Kier alpha value is -1.33. The van der Waals surface area contributed by atoms with Crippen molar-refractivity contribution < 1.29 is 27.7 Å². The molecular weight excluding hydrogens is 471 g/mol. The van der Waals surface area contributed by atoms with E-state index in [2.05, 4.69) is 0 Å². The number of hydrogen-bond donors (Lipinski definition) is 1. The normalized spacial score (nSPS) is 13.6. The second-order valence-corrected chi connectivity index (χ2v) is 13.0. The Labute approximate surface area is 185 Å². The summed E-state index contributed by atoms with van der Waals surface area (Å²) in [4.78, 5) is 11.8. The molecule has 0 aliphatic carbocycles. The molecular formula is C19H23Cl2NO6P2. The van der Waals surface area contributed by atoms with E-state index in [0.29, 0.717) is 0 Å². The van der Waals surface area contributed by atoms with Crippen LogP contribution in [0.4, 0.5) is 4.79 Å². The molecule has 7 nitrogen and oxygen atoms in total. The van der Waals surface area contributed by atoms with Crippen LogP contribution in [0, 0.1) is 0 Å². The van der Waals surface area contributed by atoms with E-state index in [1.807, 2.05) is 0 Å². The number of hydrogen-bond acceptors (Lipinski definition) is 6. The second-order valence-electron chi connectivity index (χ2n) is 6.04. The van der Waals surface area contributed by atoms with Crippen LogP contribution in [-0.2, 0) is 22.9 Å². The summed E-state index contributed by atoms with van der Waals surface area (Å²) in [7, 11) is -8.32. The first-order chi connectivity index (χ1) is 14.1. The third-order valence-electron chi connectivity index (χ3n) is 4.10. The zero-order valence-electron chi connectivity index (χ0n) is 16.4. The van der Waals surface area contributed by atoms with E-state index in [4.69, 9.17) is 42.7 Å². The van der Waals surface area contributed by atoms with Gasteiger partial charge in [0.25, 0.3) is 4.07 Å². The van der Waals surface area contributed by atoms with Gasteiger partial charge in [0.05, 0.1) is 13.2 Å². The van der Waals surface area contributed by atoms with E-state index >= 15 is 0 Å². The summed E-state index contributed by atoms with van der Waals surface area (Å²) >= 11 is 13.1. The van der Waals surface area contributed by atoms with E-state index in [-0.39, 0.29) is 23.8 Å². The molecule has 0 spiro atoms. The molecule has 0 aliphatic heterocycles. The van der Waals surface area contributed by atoms with Gasteiger partial charge in [0.15, 0.2) is 7.14 Å². The Morgan fingerprint density at radius 3 is 1.67 bits per heavy atom. The minimum Gasteiger partial charge on any atom is -0.434 e. The van der Waals surface area contributed by atoms with E-state index in [1.165, 1.54) is 0 Å². The SMILES string of the molecule is CCOP(=O)(OCC)C(Cl)(Cl)[C@@H](OC(N)=O)P(=O)(c1ccccc1)c1ccccc1. The maximum Gasteiger partial charge on any atom is 0.405 e. The van der Waals surface area contributed by atoms with Gasteiger partial charge in [-0.3, -0.25) is 4.57 Å². The van der Waals surface area contributed by atoms with Gasteiger partial charge in [0.1, 0.15) is 0 Å². The number of carbonyl (C=O) groups excluding carboxylic acids is 1. The number of carbonyl (C=O) groups is 1. The van der Waals surface area contributed by atoms with Gasteiger partial charge < -0.3 is 24.1 Å². The summed E-state index contributed by atoms with van der Waals surface area (Å²) in [6.45, 7) is 2.99. The average molecular weight is 494 g/mol. The quantitative estimate of drug-likeness (QED) is 0.375. The molecule has 0 unspecified atom stereocenters. The van der Waals surface area contributed by atoms with E-state index < -0.39 is 30.8 Å². The van der Waals surface area contributed by atoms with E-state index in [9.17, 15) is 13.9 Å². The zero-order valence-corrected chi connectivity index (χ0v) is 19.7. The van der Waals surface area contributed by atoms with Crippen LogP contribution in [0.5, 0.6) is 0 Å². The van der Waals surface area contributed by atoms with Crippen LogP contribution in [-0.4, -0.2) is 29.2 Å². The predicted molar refractivity (Wildman–Crippen MR) is 120 cm³/mol. The van der Waals surface area contributed by atoms with Gasteiger partial charge in [-0.1, -0.05) is 83.9 Å². The molecule has 30 heavy (non-hydrogen) atoms. The van der Waals surface area contributed by atoms with Crippen molar-refractivity contribution in [2.24, 2.45) is 5.73 Å². The highest BCUT2D eigenvalue weighted by molar-refractivity contribution is 7.80. The van der Waals surface area contributed by atoms with Crippen LogP contribution in [0.2, 0.25) is 0 Å². The lowest BCUT2D eigenvalue weighted by atomic mass is 10.4. The van der Waals surface area contributed by atoms with Crippen LogP contribution >= 0.6 is 37.9 Å². The minimum absolute atomic E-state index is 0.0667. The first-order valence-electron chi connectivity index (χ1n) is 9.07. The van der Waals surface area contributed by atoms with Gasteiger partial charge in [0, 0.05) is 10.6 Å². The Morgan fingerprint density at radius 1 is 0.933 bits per heavy atom.